The second-order valence-corrected chi connectivity index (χ2v) is 7.16. The lowest BCUT2D eigenvalue weighted by atomic mass is 10.1. The molecule has 4 rings (SSSR count). The van der Waals surface area contributed by atoms with Crippen molar-refractivity contribution in [2.75, 3.05) is 0 Å². The Kier molecular flexibility index (Phi) is 4.62. The molecular formula is C20H16N4O3S. The molecule has 2 aromatic heterocycles. The summed E-state index contributed by atoms with van der Waals surface area (Å²) in [6.07, 6.45) is 0. The summed E-state index contributed by atoms with van der Waals surface area (Å²) >= 11 is 0.931. The first-order valence-electron chi connectivity index (χ1n) is 8.54. The molecule has 0 saturated carbocycles. The number of fused-ring (bicyclic) bond motifs is 1. The van der Waals surface area contributed by atoms with Gasteiger partial charge in [-0.2, -0.15) is 0 Å². The van der Waals surface area contributed by atoms with Crippen LogP contribution in [0, 0.1) is 10.1 Å². The average Bonchev–Trinajstić information content (AvgIpc) is 3.33. The molecule has 0 bridgehead atoms. The molecule has 2 heterocycles. The number of carbonyl (C=O) groups is 1. The molecule has 7 nitrogen and oxygen atoms in total. The van der Waals surface area contributed by atoms with Gasteiger partial charge in [-0.3, -0.25) is 14.9 Å². The predicted molar refractivity (Wildman–Crippen MR) is 107 cm³/mol. The highest BCUT2D eigenvalue weighted by molar-refractivity contribution is 7.13. The number of aryl methyl sites for hydroxylation is 1. The average molecular weight is 392 g/mol. The van der Waals surface area contributed by atoms with Crippen molar-refractivity contribution < 1.29 is 9.72 Å². The molecule has 0 aliphatic carbocycles. The zero-order chi connectivity index (χ0) is 19.7. The Bertz CT molecular complexity index is 1170. The van der Waals surface area contributed by atoms with Crippen molar-refractivity contribution in [3.8, 4) is 0 Å². The second kappa shape index (κ2) is 7.24. The molecular weight excluding hydrogens is 376 g/mol. The molecule has 8 heteroatoms. The first-order chi connectivity index (χ1) is 13.5. The smallest absolute Gasteiger partial charge is 0.324 e. The third-order valence-electron chi connectivity index (χ3n) is 4.52. The van der Waals surface area contributed by atoms with Crippen LogP contribution < -0.4 is 5.32 Å². The van der Waals surface area contributed by atoms with Gasteiger partial charge in [0.25, 0.3) is 5.91 Å². The summed E-state index contributed by atoms with van der Waals surface area (Å²) in [6, 6.07) is 18.1. The molecule has 0 aliphatic rings. The number of carbonyl (C=O) groups excluding carboxylic acids is 1. The molecule has 1 N–H and O–H groups in total. The van der Waals surface area contributed by atoms with Gasteiger partial charge in [0.2, 0.25) is 0 Å². The predicted octanol–water partition coefficient (Wildman–Crippen LogP) is 4.06. The first-order valence-corrected chi connectivity index (χ1v) is 9.42. The maximum absolute atomic E-state index is 12.8. The van der Waals surface area contributed by atoms with Gasteiger partial charge in [0.15, 0.2) is 0 Å². The lowest BCUT2D eigenvalue weighted by Crippen LogP contribution is -2.30. The number of benzene rings is 2. The van der Waals surface area contributed by atoms with Crippen molar-refractivity contribution in [3.05, 3.63) is 93.1 Å². The van der Waals surface area contributed by atoms with Gasteiger partial charge in [-0.15, -0.1) is 0 Å². The van der Waals surface area contributed by atoms with Gasteiger partial charge in [0.05, 0.1) is 21.5 Å². The van der Waals surface area contributed by atoms with Gasteiger partial charge in [-0.25, -0.2) is 4.98 Å². The van der Waals surface area contributed by atoms with Crippen LogP contribution in [-0.2, 0) is 7.05 Å². The van der Waals surface area contributed by atoms with Crippen LogP contribution in [0.4, 0.5) is 5.00 Å². The topological polar surface area (TPSA) is 90.1 Å². The molecule has 1 atom stereocenters. The van der Waals surface area contributed by atoms with Crippen LogP contribution in [-0.4, -0.2) is 20.4 Å². The van der Waals surface area contributed by atoms with E-state index in [2.05, 4.69) is 5.32 Å². The standard InChI is InChI=1S/C20H16N4O3S/c1-23-16-10-6-5-9-15(16)21-19(23)18(13-7-3-2-4-8-13)22-20(25)14-11-17(24(26)27)28-12-14/h2-12,18H,1H3,(H,22,25). The number of thiophene rings is 1. The van der Waals surface area contributed by atoms with E-state index in [1.54, 1.807) is 0 Å². The molecule has 0 aliphatic heterocycles. The lowest BCUT2D eigenvalue weighted by Gasteiger charge is -2.19. The summed E-state index contributed by atoms with van der Waals surface area (Å²) in [5.74, 6) is 0.302. The Labute approximate surface area is 164 Å². The van der Waals surface area contributed by atoms with Crippen molar-refractivity contribution in [2.45, 2.75) is 6.04 Å². The highest BCUT2D eigenvalue weighted by atomic mass is 32.1. The van der Waals surface area contributed by atoms with Crippen LogP contribution in [0.15, 0.2) is 66.0 Å². The minimum Gasteiger partial charge on any atom is -0.338 e. The van der Waals surface area contributed by atoms with Crippen molar-refractivity contribution in [2.24, 2.45) is 7.05 Å². The third-order valence-corrected chi connectivity index (χ3v) is 5.40. The van der Waals surface area contributed by atoms with Crippen LogP contribution >= 0.6 is 11.3 Å². The van der Waals surface area contributed by atoms with Gasteiger partial charge in [0, 0.05) is 18.5 Å². The number of nitrogens with zero attached hydrogens (tertiary/aromatic N) is 3. The number of amides is 1. The number of imidazole rings is 1. The Morgan fingerprint density at radius 3 is 2.57 bits per heavy atom. The highest BCUT2D eigenvalue weighted by Gasteiger charge is 2.24. The summed E-state index contributed by atoms with van der Waals surface area (Å²) in [4.78, 5) is 27.9. The van der Waals surface area contributed by atoms with Gasteiger partial charge < -0.3 is 9.88 Å². The molecule has 0 radical (unpaired) electrons. The summed E-state index contributed by atoms with van der Waals surface area (Å²) in [7, 11) is 1.90. The van der Waals surface area contributed by atoms with Gasteiger partial charge in [-0.05, 0) is 17.7 Å². The zero-order valence-electron chi connectivity index (χ0n) is 14.9. The van der Waals surface area contributed by atoms with Crippen LogP contribution in [0.1, 0.15) is 27.8 Å². The Balaban J connectivity index is 1.74. The Hall–Kier alpha value is -3.52. The number of hydrogen-bond acceptors (Lipinski definition) is 5. The third kappa shape index (κ3) is 3.25. The normalized spacial score (nSPS) is 12.0. The van der Waals surface area contributed by atoms with E-state index in [-0.39, 0.29) is 16.5 Å². The molecule has 0 spiro atoms. The summed E-state index contributed by atoms with van der Waals surface area (Å²) in [6.45, 7) is 0. The maximum atomic E-state index is 12.8. The van der Waals surface area contributed by atoms with E-state index >= 15 is 0 Å². The van der Waals surface area contributed by atoms with Crippen molar-refractivity contribution in [3.63, 3.8) is 0 Å². The lowest BCUT2D eigenvalue weighted by molar-refractivity contribution is -0.380. The summed E-state index contributed by atoms with van der Waals surface area (Å²) in [5, 5.41) is 15.3. The second-order valence-electron chi connectivity index (χ2n) is 6.27. The molecule has 4 aromatic rings. The number of para-hydroxylation sites is 2. The Morgan fingerprint density at radius 2 is 1.89 bits per heavy atom. The molecule has 1 unspecified atom stereocenters. The SMILES string of the molecule is Cn1c(C(NC(=O)c2csc([N+](=O)[O-])c2)c2ccccc2)nc2ccccc21. The van der Waals surface area contributed by atoms with E-state index in [1.807, 2.05) is 66.2 Å². The maximum Gasteiger partial charge on any atom is 0.324 e. The number of nitrogens with one attached hydrogen (secondary N) is 1. The molecule has 2 aromatic carbocycles. The molecule has 0 fully saturated rings. The van der Waals surface area contributed by atoms with E-state index in [0.717, 1.165) is 27.9 Å². The number of hydrogen-bond donors (Lipinski definition) is 1. The fraction of sp³-hybridized carbons (Fsp3) is 0.100. The van der Waals surface area contributed by atoms with Gasteiger partial charge >= 0.3 is 5.00 Å². The number of nitro groups is 1. The van der Waals surface area contributed by atoms with Crippen molar-refractivity contribution in [1.82, 2.24) is 14.9 Å². The van der Waals surface area contributed by atoms with Crippen molar-refractivity contribution >= 4 is 33.3 Å². The zero-order valence-corrected chi connectivity index (χ0v) is 15.7. The minimum atomic E-state index is -0.498. The van der Waals surface area contributed by atoms with E-state index in [4.69, 9.17) is 4.98 Å². The first kappa shape index (κ1) is 17.9. The molecule has 1 amide bonds. The van der Waals surface area contributed by atoms with Crippen molar-refractivity contribution in [1.29, 1.82) is 0 Å². The van der Waals surface area contributed by atoms with Gasteiger partial charge in [0.1, 0.15) is 11.9 Å². The van der Waals surface area contributed by atoms with E-state index < -0.39 is 11.0 Å². The fourth-order valence-corrected chi connectivity index (χ4v) is 3.82. The Morgan fingerprint density at radius 1 is 1.18 bits per heavy atom. The fourth-order valence-electron chi connectivity index (χ4n) is 3.12. The van der Waals surface area contributed by atoms with Crippen LogP contribution in [0.2, 0.25) is 0 Å². The van der Waals surface area contributed by atoms with E-state index in [1.165, 1.54) is 11.4 Å². The monoisotopic (exact) mass is 392 g/mol. The number of rotatable bonds is 5. The van der Waals surface area contributed by atoms with E-state index in [9.17, 15) is 14.9 Å². The van der Waals surface area contributed by atoms with Crippen LogP contribution in [0.5, 0.6) is 0 Å². The largest absolute Gasteiger partial charge is 0.338 e. The molecule has 140 valence electrons. The quantitative estimate of drug-likeness (QED) is 0.410. The van der Waals surface area contributed by atoms with Crippen LogP contribution in [0.25, 0.3) is 11.0 Å². The molecule has 28 heavy (non-hydrogen) atoms. The summed E-state index contributed by atoms with van der Waals surface area (Å²) < 4.78 is 1.95. The highest BCUT2D eigenvalue weighted by Crippen LogP contribution is 2.27. The van der Waals surface area contributed by atoms with Gasteiger partial charge in [-0.1, -0.05) is 53.8 Å². The minimum absolute atomic E-state index is 0.0656. The van der Waals surface area contributed by atoms with E-state index in [0.29, 0.717) is 5.82 Å². The summed E-state index contributed by atoms with van der Waals surface area (Å²) in [5.41, 5.74) is 2.93. The number of aromatic nitrogens is 2. The van der Waals surface area contributed by atoms with Crippen LogP contribution in [0.3, 0.4) is 0 Å². The molecule has 0 saturated heterocycles.